The highest BCUT2D eigenvalue weighted by Gasteiger charge is 2.23. The van der Waals surface area contributed by atoms with Crippen molar-refractivity contribution in [1.29, 1.82) is 0 Å². The lowest BCUT2D eigenvalue weighted by Crippen LogP contribution is -2.16. The van der Waals surface area contributed by atoms with E-state index in [1.165, 1.54) is 6.07 Å². The Hall–Kier alpha value is -0.810. The van der Waals surface area contributed by atoms with Gasteiger partial charge in [-0.05, 0) is 26.0 Å². The van der Waals surface area contributed by atoms with Crippen molar-refractivity contribution in [2.24, 2.45) is 0 Å². The van der Waals surface area contributed by atoms with Gasteiger partial charge < -0.3 is 0 Å². The molecule has 0 aromatic heterocycles. The van der Waals surface area contributed by atoms with Crippen molar-refractivity contribution >= 4 is 15.9 Å². The summed E-state index contributed by atoms with van der Waals surface area (Å²) in [6.45, 7) is 3.63. The maximum absolute atomic E-state index is 13.4. The van der Waals surface area contributed by atoms with Crippen molar-refractivity contribution in [3.8, 4) is 12.3 Å². The van der Waals surface area contributed by atoms with E-state index in [-0.39, 0.29) is 5.82 Å². The van der Waals surface area contributed by atoms with E-state index in [4.69, 9.17) is 6.42 Å². The molecule has 0 radical (unpaired) electrons. The Kier molecular flexibility index (Phi) is 2.77. The molecular weight excluding hydrogens is 231 g/mol. The van der Waals surface area contributed by atoms with Crippen LogP contribution in [0.2, 0.25) is 0 Å². The number of hydrogen-bond donors (Lipinski definition) is 0. The summed E-state index contributed by atoms with van der Waals surface area (Å²) in [6, 6.07) is 4.85. The van der Waals surface area contributed by atoms with Gasteiger partial charge >= 0.3 is 0 Å². The van der Waals surface area contributed by atoms with E-state index in [1.807, 2.05) is 13.8 Å². The monoisotopic (exact) mass is 240 g/mol. The van der Waals surface area contributed by atoms with Crippen LogP contribution in [0.1, 0.15) is 19.4 Å². The number of halogens is 2. The molecule has 0 amide bonds. The Morgan fingerprint density at radius 3 is 2.54 bits per heavy atom. The molecule has 0 fully saturated rings. The highest BCUT2D eigenvalue weighted by molar-refractivity contribution is 9.10. The summed E-state index contributed by atoms with van der Waals surface area (Å²) < 4.78 is 14.1. The molecule has 0 atom stereocenters. The number of rotatable bonds is 1. The Bertz CT molecular complexity index is 341. The highest BCUT2D eigenvalue weighted by atomic mass is 79.9. The standard InChI is InChI=1S/C11H10BrF/c1-4-11(2,3)10-8(12)6-5-7-9(10)13/h1,5-7H,2-3H3. The molecule has 0 nitrogen and oxygen atoms in total. The summed E-state index contributed by atoms with van der Waals surface area (Å²) >= 11 is 3.29. The van der Waals surface area contributed by atoms with Crippen LogP contribution in [0, 0.1) is 18.2 Å². The zero-order chi connectivity index (χ0) is 10.1. The molecule has 0 aliphatic rings. The molecule has 1 rings (SSSR count). The van der Waals surface area contributed by atoms with E-state index < -0.39 is 5.41 Å². The molecule has 2 heteroatoms. The lowest BCUT2D eigenvalue weighted by Gasteiger charge is -2.20. The van der Waals surface area contributed by atoms with Crippen molar-refractivity contribution in [2.75, 3.05) is 0 Å². The van der Waals surface area contributed by atoms with E-state index in [9.17, 15) is 4.39 Å². The van der Waals surface area contributed by atoms with Crippen molar-refractivity contribution in [3.63, 3.8) is 0 Å². The second kappa shape index (κ2) is 3.51. The fourth-order valence-electron chi connectivity index (χ4n) is 1.17. The molecule has 68 valence electrons. The van der Waals surface area contributed by atoms with Gasteiger partial charge in [-0.25, -0.2) is 4.39 Å². The molecular formula is C11H10BrF. The van der Waals surface area contributed by atoms with Gasteiger partial charge in [0.2, 0.25) is 0 Å². The fourth-order valence-corrected chi connectivity index (χ4v) is 2.00. The molecule has 0 aliphatic heterocycles. The van der Waals surface area contributed by atoms with Gasteiger partial charge in [0, 0.05) is 10.0 Å². The Morgan fingerprint density at radius 1 is 1.46 bits per heavy atom. The fraction of sp³-hybridized carbons (Fsp3) is 0.273. The number of benzene rings is 1. The van der Waals surface area contributed by atoms with Gasteiger partial charge in [0.1, 0.15) is 5.82 Å². The summed E-state index contributed by atoms with van der Waals surface area (Å²) in [5, 5.41) is 0. The predicted octanol–water partition coefficient (Wildman–Crippen LogP) is 3.50. The summed E-state index contributed by atoms with van der Waals surface area (Å²) in [4.78, 5) is 0. The van der Waals surface area contributed by atoms with E-state index in [1.54, 1.807) is 12.1 Å². The van der Waals surface area contributed by atoms with Gasteiger partial charge in [-0.3, -0.25) is 0 Å². The van der Waals surface area contributed by atoms with Crippen LogP contribution >= 0.6 is 15.9 Å². The summed E-state index contributed by atoms with van der Waals surface area (Å²) in [5.41, 5.74) is -0.0398. The van der Waals surface area contributed by atoms with Crippen LogP contribution in [-0.2, 0) is 5.41 Å². The van der Waals surface area contributed by atoms with Crippen LogP contribution in [0.3, 0.4) is 0 Å². The molecule has 13 heavy (non-hydrogen) atoms. The number of hydrogen-bond acceptors (Lipinski definition) is 0. The first-order valence-electron chi connectivity index (χ1n) is 3.91. The smallest absolute Gasteiger partial charge is 0.129 e. The maximum Gasteiger partial charge on any atom is 0.129 e. The van der Waals surface area contributed by atoms with Crippen molar-refractivity contribution in [2.45, 2.75) is 19.3 Å². The Balaban J connectivity index is 3.38. The van der Waals surface area contributed by atoms with Gasteiger partial charge in [0.25, 0.3) is 0 Å². The lowest BCUT2D eigenvalue weighted by molar-refractivity contribution is 0.565. The minimum Gasteiger partial charge on any atom is -0.207 e. The molecule has 0 saturated carbocycles. The van der Waals surface area contributed by atoms with Gasteiger partial charge in [-0.2, -0.15) is 0 Å². The third kappa shape index (κ3) is 1.92. The zero-order valence-corrected chi connectivity index (χ0v) is 9.15. The molecule has 1 aromatic carbocycles. The normalized spacial score (nSPS) is 11.0. The first-order chi connectivity index (χ1) is 5.99. The highest BCUT2D eigenvalue weighted by Crippen LogP contribution is 2.31. The van der Waals surface area contributed by atoms with Crippen LogP contribution in [0.5, 0.6) is 0 Å². The average Bonchev–Trinajstić information content (AvgIpc) is 2.03. The second-order valence-electron chi connectivity index (χ2n) is 3.37. The number of terminal acetylenes is 1. The van der Waals surface area contributed by atoms with Crippen molar-refractivity contribution in [3.05, 3.63) is 34.1 Å². The largest absolute Gasteiger partial charge is 0.207 e. The molecule has 0 bridgehead atoms. The van der Waals surface area contributed by atoms with Crippen LogP contribution in [-0.4, -0.2) is 0 Å². The van der Waals surface area contributed by atoms with Gasteiger partial charge in [-0.15, -0.1) is 6.42 Å². The van der Waals surface area contributed by atoms with Crippen LogP contribution in [0.4, 0.5) is 4.39 Å². The van der Waals surface area contributed by atoms with Crippen molar-refractivity contribution < 1.29 is 4.39 Å². The SMILES string of the molecule is C#CC(C)(C)c1c(F)cccc1Br. The minimum absolute atomic E-state index is 0.266. The first-order valence-corrected chi connectivity index (χ1v) is 4.70. The van der Waals surface area contributed by atoms with Gasteiger partial charge in [-0.1, -0.05) is 27.9 Å². The van der Waals surface area contributed by atoms with Gasteiger partial charge in [0.05, 0.1) is 5.41 Å². The molecule has 0 spiro atoms. The summed E-state index contributed by atoms with van der Waals surface area (Å²) in [6.07, 6.45) is 5.34. The third-order valence-corrected chi connectivity index (χ3v) is 2.61. The molecule has 0 saturated heterocycles. The van der Waals surface area contributed by atoms with Gasteiger partial charge in [0.15, 0.2) is 0 Å². The minimum atomic E-state index is -0.579. The second-order valence-corrected chi connectivity index (χ2v) is 4.22. The quantitative estimate of drug-likeness (QED) is 0.660. The Labute approximate surface area is 86.3 Å². The van der Waals surface area contributed by atoms with Crippen molar-refractivity contribution in [1.82, 2.24) is 0 Å². The molecule has 0 N–H and O–H groups in total. The molecule has 0 heterocycles. The average molecular weight is 241 g/mol. The third-order valence-electron chi connectivity index (χ3n) is 1.95. The van der Waals surface area contributed by atoms with E-state index in [0.29, 0.717) is 5.56 Å². The maximum atomic E-state index is 13.4. The topological polar surface area (TPSA) is 0 Å². The first kappa shape index (κ1) is 10.3. The molecule has 0 unspecified atom stereocenters. The van der Waals surface area contributed by atoms with Crippen LogP contribution < -0.4 is 0 Å². The van der Waals surface area contributed by atoms with Crippen LogP contribution in [0.15, 0.2) is 22.7 Å². The zero-order valence-electron chi connectivity index (χ0n) is 7.57. The molecule has 0 aliphatic carbocycles. The molecule has 1 aromatic rings. The van der Waals surface area contributed by atoms with E-state index in [2.05, 4.69) is 21.9 Å². The van der Waals surface area contributed by atoms with E-state index in [0.717, 1.165) is 4.47 Å². The summed E-state index contributed by atoms with van der Waals surface area (Å²) in [5.74, 6) is 2.30. The summed E-state index contributed by atoms with van der Waals surface area (Å²) in [7, 11) is 0. The van der Waals surface area contributed by atoms with Crippen LogP contribution in [0.25, 0.3) is 0 Å². The lowest BCUT2D eigenvalue weighted by atomic mass is 9.85. The Morgan fingerprint density at radius 2 is 2.08 bits per heavy atom. The van der Waals surface area contributed by atoms with E-state index >= 15 is 0 Å². The predicted molar refractivity (Wildman–Crippen MR) is 56.0 cm³/mol.